The minimum atomic E-state index is -0.148. The molecule has 0 bridgehead atoms. The first-order valence-electron chi connectivity index (χ1n) is 11.0. The summed E-state index contributed by atoms with van der Waals surface area (Å²) in [5.41, 5.74) is 11.6. The van der Waals surface area contributed by atoms with E-state index in [0.29, 0.717) is 23.8 Å². The lowest BCUT2D eigenvalue weighted by atomic mass is 9.83. The summed E-state index contributed by atoms with van der Waals surface area (Å²) in [6, 6.07) is 9.74. The standard InChI is InChI=1S/C23H27FN6/c24-17-5-1-14(2-6-17)20-11-16(20)12-26-18-7-3-15(4-8-18)21-22-19-9-10-25-23(19)27-13-30(22)29-28-21/h1-2,5-6,9-10,13,15-16,18,20,25-26,28-29H,3-4,7-8,11-12H2/t15-,16-,18-,20-/m0/s1. The average Bonchev–Trinajstić information content (AvgIpc) is 3.18. The molecule has 1 aromatic carbocycles. The summed E-state index contributed by atoms with van der Waals surface area (Å²) in [5.74, 6) is 2.62. The maximum Gasteiger partial charge on any atom is 0.141 e. The largest absolute Gasteiger partial charge is 0.346 e. The SMILES string of the molecule is Fc1ccc([C@@H]2C[C@H]2CN[C@H]2CC[C@H](C3=C4c5cc[nH]c5N=CN4NN3)CC2)cc1. The van der Waals surface area contributed by atoms with E-state index in [1.165, 1.54) is 49.1 Å². The number of aromatic nitrogens is 1. The Labute approximate surface area is 175 Å². The minimum Gasteiger partial charge on any atom is -0.346 e. The Morgan fingerprint density at radius 1 is 1.10 bits per heavy atom. The molecule has 2 fully saturated rings. The molecule has 4 aliphatic rings. The van der Waals surface area contributed by atoms with E-state index in [1.807, 2.05) is 29.7 Å². The van der Waals surface area contributed by atoms with Crippen molar-refractivity contribution >= 4 is 17.9 Å². The van der Waals surface area contributed by atoms with Crippen LogP contribution < -0.4 is 16.3 Å². The van der Waals surface area contributed by atoms with Crippen molar-refractivity contribution in [2.24, 2.45) is 16.8 Å². The van der Waals surface area contributed by atoms with E-state index in [9.17, 15) is 4.39 Å². The molecule has 156 valence electrons. The van der Waals surface area contributed by atoms with Crippen LogP contribution in [0.4, 0.5) is 10.2 Å². The van der Waals surface area contributed by atoms with Gasteiger partial charge in [-0.1, -0.05) is 12.1 Å². The molecule has 0 spiro atoms. The first-order chi connectivity index (χ1) is 14.8. The van der Waals surface area contributed by atoms with E-state index in [0.717, 1.165) is 17.9 Å². The Morgan fingerprint density at radius 2 is 1.93 bits per heavy atom. The molecule has 2 atom stereocenters. The van der Waals surface area contributed by atoms with Crippen molar-refractivity contribution in [3.05, 3.63) is 59.2 Å². The van der Waals surface area contributed by atoms with E-state index >= 15 is 0 Å². The lowest BCUT2D eigenvalue weighted by Gasteiger charge is -2.30. The summed E-state index contributed by atoms with van der Waals surface area (Å²) in [6.45, 7) is 1.07. The van der Waals surface area contributed by atoms with Gasteiger partial charge in [-0.3, -0.25) is 0 Å². The maximum absolute atomic E-state index is 13.1. The van der Waals surface area contributed by atoms with Crippen molar-refractivity contribution in [1.82, 2.24) is 26.3 Å². The van der Waals surface area contributed by atoms with Gasteiger partial charge in [-0.25, -0.2) is 14.4 Å². The number of hydrogen-bond acceptors (Lipinski definition) is 5. The zero-order chi connectivity index (χ0) is 20.1. The smallest absolute Gasteiger partial charge is 0.141 e. The Morgan fingerprint density at radius 3 is 2.77 bits per heavy atom. The molecule has 1 aromatic heterocycles. The van der Waals surface area contributed by atoms with Gasteiger partial charge in [-0.2, -0.15) is 0 Å². The molecule has 2 aliphatic carbocycles. The molecule has 2 aromatic rings. The number of rotatable bonds is 5. The normalized spacial score (nSPS) is 29.6. The summed E-state index contributed by atoms with van der Waals surface area (Å²) in [4.78, 5) is 7.66. The molecule has 2 aliphatic heterocycles. The molecule has 2 saturated carbocycles. The molecule has 6 nitrogen and oxygen atoms in total. The third-order valence-electron chi connectivity index (χ3n) is 7.11. The van der Waals surface area contributed by atoms with Crippen molar-refractivity contribution in [1.29, 1.82) is 0 Å². The van der Waals surface area contributed by atoms with Gasteiger partial charge in [-0.15, -0.1) is 5.53 Å². The van der Waals surface area contributed by atoms with E-state index in [-0.39, 0.29) is 5.82 Å². The lowest BCUT2D eigenvalue weighted by Crippen LogP contribution is -2.39. The number of hydrazine groups is 2. The van der Waals surface area contributed by atoms with Crippen LogP contribution in [0.15, 0.2) is 47.2 Å². The van der Waals surface area contributed by atoms with Crippen LogP contribution in [0.5, 0.6) is 0 Å². The summed E-state index contributed by atoms with van der Waals surface area (Å²) in [5, 5.41) is 5.80. The molecule has 30 heavy (non-hydrogen) atoms. The number of hydrogen-bond donors (Lipinski definition) is 4. The number of nitrogens with zero attached hydrogens (tertiary/aromatic N) is 2. The van der Waals surface area contributed by atoms with Gasteiger partial charge >= 0.3 is 0 Å². The first kappa shape index (κ1) is 18.2. The predicted octanol–water partition coefficient (Wildman–Crippen LogP) is 3.77. The summed E-state index contributed by atoms with van der Waals surface area (Å²) in [7, 11) is 0. The molecule has 0 unspecified atom stereocenters. The van der Waals surface area contributed by atoms with Gasteiger partial charge in [0.25, 0.3) is 0 Å². The molecule has 0 amide bonds. The van der Waals surface area contributed by atoms with E-state index in [1.54, 1.807) is 12.1 Å². The monoisotopic (exact) mass is 406 g/mol. The van der Waals surface area contributed by atoms with Crippen LogP contribution in [0.3, 0.4) is 0 Å². The molecular weight excluding hydrogens is 379 g/mol. The lowest BCUT2D eigenvalue weighted by molar-refractivity contribution is 0.304. The van der Waals surface area contributed by atoms with E-state index in [2.05, 4.69) is 32.3 Å². The van der Waals surface area contributed by atoms with Gasteiger partial charge < -0.3 is 15.7 Å². The van der Waals surface area contributed by atoms with Gasteiger partial charge in [0.05, 0.1) is 11.4 Å². The number of fused-ring (bicyclic) bond motifs is 3. The topological polar surface area (TPSA) is 67.5 Å². The third-order valence-corrected chi connectivity index (χ3v) is 7.11. The fraction of sp³-hybridized carbons (Fsp3) is 0.435. The second-order valence-corrected chi connectivity index (χ2v) is 8.96. The van der Waals surface area contributed by atoms with Crippen molar-refractivity contribution in [2.75, 3.05) is 6.54 Å². The average molecular weight is 407 g/mol. The van der Waals surface area contributed by atoms with Crippen molar-refractivity contribution in [3.63, 3.8) is 0 Å². The number of allylic oxidation sites excluding steroid dienone is 1. The molecule has 4 N–H and O–H groups in total. The van der Waals surface area contributed by atoms with Crippen LogP contribution in [0.25, 0.3) is 5.70 Å². The minimum absolute atomic E-state index is 0.148. The van der Waals surface area contributed by atoms with Gasteiger partial charge in [0, 0.05) is 23.7 Å². The fourth-order valence-corrected chi connectivity index (χ4v) is 5.29. The van der Waals surface area contributed by atoms with Crippen LogP contribution in [0.1, 0.15) is 49.1 Å². The molecule has 3 heterocycles. The highest BCUT2D eigenvalue weighted by Gasteiger charge is 2.39. The number of aromatic amines is 1. The number of benzene rings is 1. The van der Waals surface area contributed by atoms with Crippen molar-refractivity contribution < 1.29 is 4.39 Å². The van der Waals surface area contributed by atoms with Gasteiger partial charge in [0.2, 0.25) is 0 Å². The van der Waals surface area contributed by atoms with E-state index < -0.39 is 0 Å². The number of halogens is 1. The van der Waals surface area contributed by atoms with Crippen molar-refractivity contribution in [3.8, 4) is 0 Å². The van der Waals surface area contributed by atoms with Crippen LogP contribution >= 0.6 is 0 Å². The Hall–Kier alpha value is -2.64. The molecule has 0 saturated heterocycles. The Balaban J connectivity index is 1.04. The number of nitrogens with one attached hydrogen (secondary N) is 4. The number of aliphatic imine (C=N–C) groups is 1. The van der Waals surface area contributed by atoms with Crippen LogP contribution in [0.2, 0.25) is 0 Å². The summed E-state index contributed by atoms with van der Waals surface area (Å²) < 4.78 is 13.1. The first-order valence-corrected chi connectivity index (χ1v) is 11.0. The second-order valence-electron chi connectivity index (χ2n) is 8.96. The Kier molecular flexibility index (Phi) is 4.39. The van der Waals surface area contributed by atoms with Gasteiger partial charge in [0.15, 0.2) is 0 Å². The van der Waals surface area contributed by atoms with Crippen molar-refractivity contribution in [2.45, 2.75) is 44.1 Å². The zero-order valence-corrected chi connectivity index (χ0v) is 16.9. The van der Waals surface area contributed by atoms with Gasteiger partial charge in [-0.05, 0) is 74.2 Å². The summed E-state index contributed by atoms with van der Waals surface area (Å²) >= 11 is 0. The van der Waals surface area contributed by atoms with Crippen LogP contribution in [-0.4, -0.2) is 28.9 Å². The molecule has 7 heteroatoms. The predicted molar refractivity (Wildman–Crippen MR) is 115 cm³/mol. The molecule has 0 radical (unpaired) electrons. The highest BCUT2D eigenvalue weighted by Crippen LogP contribution is 2.47. The second kappa shape index (κ2) is 7.25. The number of H-pyrrole nitrogens is 1. The van der Waals surface area contributed by atoms with Crippen LogP contribution in [0, 0.1) is 17.7 Å². The van der Waals surface area contributed by atoms with Crippen LogP contribution in [-0.2, 0) is 0 Å². The quantitative estimate of drug-likeness (QED) is 0.610. The zero-order valence-electron chi connectivity index (χ0n) is 16.9. The molecular formula is C23H27FN6. The van der Waals surface area contributed by atoms with Gasteiger partial charge in [0.1, 0.15) is 18.0 Å². The van der Waals surface area contributed by atoms with E-state index in [4.69, 9.17) is 0 Å². The highest BCUT2D eigenvalue weighted by atomic mass is 19.1. The third kappa shape index (κ3) is 3.22. The highest BCUT2D eigenvalue weighted by molar-refractivity contribution is 5.87. The maximum atomic E-state index is 13.1. The summed E-state index contributed by atoms with van der Waals surface area (Å²) in [6.07, 6.45) is 9.76. The molecule has 6 rings (SSSR count). The Bertz CT molecular complexity index is 985. The fourth-order valence-electron chi connectivity index (χ4n) is 5.29.